The molecule has 8 heteroatoms. The molecule has 0 saturated carbocycles. The van der Waals surface area contributed by atoms with Gasteiger partial charge in [-0.05, 0) is 12.1 Å². The van der Waals surface area contributed by atoms with Crippen LogP contribution in [0.4, 0.5) is 0 Å². The minimum absolute atomic E-state index is 0.0342. The van der Waals surface area contributed by atoms with Crippen molar-refractivity contribution in [2.45, 2.75) is 17.1 Å². The number of aliphatic hydroxyl groups excluding tert-OH is 2. The highest BCUT2D eigenvalue weighted by atomic mass is 32.2. The molecule has 0 aliphatic rings. The van der Waals surface area contributed by atoms with Gasteiger partial charge in [0.05, 0.1) is 24.3 Å². The average molecular weight is 330 g/mol. The molecule has 0 unspecified atom stereocenters. The van der Waals surface area contributed by atoms with Gasteiger partial charge in [-0.1, -0.05) is 18.2 Å². The Balaban J connectivity index is 1.75. The molecule has 0 saturated heterocycles. The summed E-state index contributed by atoms with van der Waals surface area (Å²) in [6, 6.07) is 9.56. The smallest absolute Gasteiger partial charge is 0.278 e. The van der Waals surface area contributed by atoms with Gasteiger partial charge in [-0.15, -0.1) is 11.8 Å². The van der Waals surface area contributed by atoms with Gasteiger partial charge in [-0.3, -0.25) is 4.79 Å². The molecule has 23 heavy (non-hydrogen) atoms. The summed E-state index contributed by atoms with van der Waals surface area (Å²) in [6.45, 7) is 0. The first-order valence-electron chi connectivity index (χ1n) is 6.89. The van der Waals surface area contributed by atoms with Crippen LogP contribution >= 0.6 is 11.8 Å². The Hall–Kier alpha value is -2.29. The largest absolute Gasteiger partial charge is 0.389 e. The van der Waals surface area contributed by atoms with Crippen molar-refractivity contribution in [3.63, 3.8) is 0 Å². The number of nitrogens with zero attached hydrogens (tertiary/aromatic N) is 3. The minimum atomic E-state index is -1.23. The number of nitrogens with one attached hydrogen (secondary N) is 1. The number of hydrogen-bond acceptors (Lipinski definition) is 7. The molecule has 3 N–H and O–H groups in total. The van der Waals surface area contributed by atoms with Crippen LogP contribution in [0.5, 0.6) is 0 Å². The fraction of sp³-hybridized carbons (Fsp3) is 0.200. The molecule has 3 rings (SSSR count). The molecule has 7 nitrogen and oxygen atoms in total. The van der Waals surface area contributed by atoms with Crippen molar-refractivity contribution in [3.8, 4) is 0 Å². The SMILES string of the molecule is O=c1[nH]cnc2ncc([C@@H](O)[C@@H](O)CSc3ccccc3)nc12. The van der Waals surface area contributed by atoms with E-state index in [9.17, 15) is 15.0 Å². The number of fused-ring (bicyclic) bond motifs is 1. The van der Waals surface area contributed by atoms with Gasteiger partial charge in [0.2, 0.25) is 0 Å². The van der Waals surface area contributed by atoms with Crippen LogP contribution in [0.1, 0.15) is 11.8 Å². The molecule has 0 fully saturated rings. The maximum absolute atomic E-state index is 11.7. The van der Waals surface area contributed by atoms with Gasteiger partial charge in [-0.2, -0.15) is 0 Å². The number of aliphatic hydroxyl groups is 2. The molecule has 1 aromatic carbocycles. The van der Waals surface area contributed by atoms with E-state index < -0.39 is 17.8 Å². The highest BCUT2D eigenvalue weighted by Crippen LogP contribution is 2.23. The maximum atomic E-state index is 11.7. The molecule has 0 bridgehead atoms. The number of thioether (sulfide) groups is 1. The van der Waals surface area contributed by atoms with E-state index in [0.29, 0.717) is 0 Å². The van der Waals surface area contributed by atoms with E-state index in [1.807, 2.05) is 30.3 Å². The van der Waals surface area contributed by atoms with Gasteiger partial charge in [0.25, 0.3) is 5.56 Å². The highest BCUT2D eigenvalue weighted by molar-refractivity contribution is 7.99. The topological polar surface area (TPSA) is 112 Å². The molecule has 0 radical (unpaired) electrons. The molecule has 118 valence electrons. The first kappa shape index (κ1) is 15.6. The second-order valence-electron chi connectivity index (χ2n) is 4.83. The molecule has 0 amide bonds. The Morgan fingerprint density at radius 3 is 2.74 bits per heavy atom. The molecule has 2 heterocycles. The average Bonchev–Trinajstić information content (AvgIpc) is 2.60. The molecule has 0 aliphatic carbocycles. The molecule has 2 aromatic heterocycles. The third-order valence-corrected chi connectivity index (χ3v) is 4.31. The quantitative estimate of drug-likeness (QED) is 0.596. The van der Waals surface area contributed by atoms with Crippen molar-refractivity contribution in [1.29, 1.82) is 0 Å². The Morgan fingerprint density at radius 1 is 1.17 bits per heavy atom. The fourth-order valence-corrected chi connectivity index (χ4v) is 2.89. The lowest BCUT2D eigenvalue weighted by atomic mass is 10.2. The molecular formula is C15H14N4O3S. The first-order chi connectivity index (χ1) is 11.1. The van der Waals surface area contributed by atoms with E-state index >= 15 is 0 Å². The third-order valence-electron chi connectivity index (χ3n) is 3.20. The van der Waals surface area contributed by atoms with Crippen molar-refractivity contribution in [2.24, 2.45) is 0 Å². The fourth-order valence-electron chi connectivity index (χ4n) is 1.99. The molecule has 0 spiro atoms. The summed E-state index contributed by atoms with van der Waals surface area (Å²) < 4.78 is 0. The Morgan fingerprint density at radius 2 is 1.96 bits per heavy atom. The second-order valence-corrected chi connectivity index (χ2v) is 5.93. The molecule has 0 aliphatic heterocycles. The first-order valence-corrected chi connectivity index (χ1v) is 7.88. The van der Waals surface area contributed by atoms with Crippen molar-refractivity contribution in [1.82, 2.24) is 19.9 Å². The summed E-state index contributed by atoms with van der Waals surface area (Å²) in [7, 11) is 0. The van der Waals surface area contributed by atoms with E-state index in [2.05, 4.69) is 19.9 Å². The van der Waals surface area contributed by atoms with Crippen LogP contribution in [-0.2, 0) is 0 Å². The monoisotopic (exact) mass is 330 g/mol. The van der Waals surface area contributed by atoms with Crippen LogP contribution in [0.2, 0.25) is 0 Å². The van der Waals surface area contributed by atoms with Crippen LogP contribution in [-0.4, -0.2) is 42.0 Å². The number of aromatic nitrogens is 4. The van der Waals surface area contributed by atoms with Gasteiger partial charge < -0.3 is 15.2 Å². The van der Waals surface area contributed by atoms with E-state index in [1.54, 1.807) is 0 Å². The zero-order chi connectivity index (χ0) is 16.2. The third kappa shape index (κ3) is 3.55. The summed E-state index contributed by atoms with van der Waals surface area (Å²) >= 11 is 1.42. The zero-order valence-electron chi connectivity index (χ0n) is 12.0. The zero-order valence-corrected chi connectivity index (χ0v) is 12.8. The highest BCUT2D eigenvalue weighted by Gasteiger charge is 2.21. The van der Waals surface area contributed by atoms with Crippen LogP contribution in [0.15, 0.2) is 52.5 Å². The Kier molecular flexibility index (Phi) is 4.65. The van der Waals surface area contributed by atoms with Crippen LogP contribution < -0.4 is 5.56 Å². The number of H-pyrrole nitrogens is 1. The van der Waals surface area contributed by atoms with Crippen molar-refractivity contribution >= 4 is 22.9 Å². The number of hydrogen-bond donors (Lipinski definition) is 3. The summed E-state index contributed by atoms with van der Waals surface area (Å²) in [5, 5.41) is 20.4. The van der Waals surface area contributed by atoms with Gasteiger partial charge in [0.1, 0.15) is 6.10 Å². The summed E-state index contributed by atoms with van der Waals surface area (Å²) in [5.41, 5.74) is -0.0772. The van der Waals surface area contributed by atoms with E-state index in [0.717, 1.165) is 4.90 Å². The standard InChI is InChI=1S/C15H14N4O3S/c20-11(7-23-9-4-2-1-3-5-9)13(21)10-6-16-14-12(19-10)15(22)18-8-17-14/h1-6,8,11,13,20-21H,7H2,(H,16,17,18,22)/t11-,13+/m0/s1. The number of aromatic amines is 1. The summed E-state index contributed by atoms with van der Waals surface area (Å²) in [4.78, 5) is 27.0. The normalized spacial score (nSPS) is 13.8. The summed E-state index contributed by atoms with van der Waals surface area (Å²) in [6.07, 6.45) is 0.279. The van der Waals surface area contributed by atoms with Gasteiger partial charge in [-0.25, -0.2) is 15.0 Å². The lowest BCUT2D eigenvalue weighted by Gasteiger charge is -2.16. The van der Waals surface area contributed by atoms with Crippen molar-refractivity contribution < 1.29 is 10.2 Å². The van der Waals surface area contributed by atoms with Gasteiger partial charge in [0, 0.05) is 10.6 Å². The lowest BCUT2D eigenvalue weighted by molar-refractivity contribution is 0.0308. The van der Waals surface area contributed by atoms with E-state index in [4.69, 9.17) is 0 Å². The number of benzene rings is 1. The Labute approximate surface area is 135 Å². The van der Waals surface area contributed by atoms with Gasteiger partial charge >= 0.3 is 0 Å². The predicted octanol–water partition coefficient (Wildman–Crippen LogP) is 0.900. The predicted molar refractivity (Wildman–Crippen MR) is 86.1 cm³/mol. The van der Waals surface area contributed by atoms with Crippen LogP contribution in [0, 0.1) is 0 Å². The van der Waals surface area contributed by atoms with Crippen molar-refractivity contribution in [2.75, 3.05) is 5.75 Å². The van der Waals surface area contributed by atoms with E-state index in [-0.39, 0.29) is 22.6 Å². The number of rotatable bonds is 5. The molecule has 3 aromatic rings. The maximum Gasteiger partial charge on any atom is 0.278 e. The van der Waals surface area contributed by atoms with Gasteiger partial charge in [0.15, 0.2) is 11.2 Å². The van der Waals surface area contributed by atoms with Crippen molar-refractivity contribution in [3.05, 3.63) is 58.9 Å². The van der Waals surface area contributed by atoms with Crippen LogP contribution in [0.3, 0.4) is 0 Å². The van der Waals surface area contributed by atoms with Crippen LogP contribution in [0.25, 0.3) is 11.2 Å². The molecular weight excluding hydrogens is 316 g/mol. The minimum Gasteiger partial charge on any atom is -0.389 e. The Bertz CT molecular complexity index is 856. The lowest BCUT2D eigenvalue weighted by Crippen LogP contribution is -2.22. The molecule has 2 atom stereocenters. The second kappa shape index (κ2) is 6.86. The summed E-state index contributed by atoms with van der Waals surface area (Å²) in [5.74, 6) is 0.286. The van der Waals surface area contributed by atoms with E-state index in [1.165, 1.54) is 24.3 Å².